The normalized spacial score (nSPS) is 23.4. The number of oxime groups is 1. The molecule has 2 N–H and O–H groups in total. The number of benzene rings is 1. The molecule has 1 aromatic carbocycles. The van der Waals surface area contributed by atoms with Crippen LogP contribution in [0.15, 0.2) is 34.3 Å². The summed E-state index contributed by atoms with van der Waals surface area (Å²) in [6, 6.07) is 2.31. The minimum absolute atomic E-state index is 0.0349. The molecule has 0 saturated carbocycles. The van der Waals surface area contributed by atoms with E-state index in [0.29, 0.717) is 37.5 Å². The lowest BCUT2D eigenvalue weighted by atomic mass is 9.84. The number of aliphatic hydroxyl groups is 1. The number of nitrogens with zero attached hydrogens (tertiary/aromatic N) is 3. The van der Waals surface area contributed by atoms with E-state index < -0.39 is 34.6 Å². The van der Waals surface area contributed by atoms with Crippen molar-refractivity contribution in [2.24, 2.45) is 5.16 Å². The third kappa shape index (κ3) is 4.85. The zero-order valence-corrected chi connectivity index (χ0v) is 22.4. The molecule has 0 aliphatic carbocycles. The zero-order chi connectivity index (χ0) is 28.6. The zero-order valence-electron chi connectivity index (χ0n) is 22.4. The van der Waals surface area contributed by atoms with Gasteiger partial charge >= 0.3 is 0 Å². The van der Waals surface area contributed by atoms with E-state index in [4.69, 9.17) is 9.57 Å². The molecule has 2 amide bonds. The smallest absolute Gasteiger partial charge is 0.274 e. The number of aliphatic hydroxyl groups excluding tert-OH is 1. The van der Waals surface area contributed by atoms with Crippen molar-refractivity contribution in [2.45, 2.75) is 70.2 Å². The average Bonchev–Trinajstić information content (AvgIpc) is 3.31. The van der Waals surface area contributed by atoms with Gasteiger partial charge in [-0.2, -0.15) is 0 Å². The molecule has 214 valence electrons. The molecule has 1 fully saturated rings. The highest BCUT2D eigenvalue weighted by Gasteiger charge is 2.54. The first-order valence-electron chi connectivity index (χ1n) is 13.5. The predicted molar refractivity (Wildman–Crippen MR) is 140 cm³/mol. The van der Waals surface area contributed by atoms with Gasteiger partial charge in [-0.1, -0.05) is 24.6 Å². The van der Waals surface area contributed by atoms with Gasteiger partial charge in [0.25, 0.3) is 11.8 Å². The highest BCUT2D eigenvalue weighted by molar-refractivity contribution is 5.99. The first-order valence-corrected chi connectivity index (χ1v) is 13.5. The van der Waals surface area contributed by atoms with Crippen molar-refractivity contribution in [1.29, 1.82) is 0 Å². The first kappa shape index (κ1) is 27.8. The molecular weight excluding hydrogens is 526 g/mol. The Morgan fingerprint density at radius 1 is 1.32 bits per heavy atom. The molecule has 12 heteroatoms. The Morgan fingerprint density at radius 3 is 2.83 bits per heavy atom. The maximum atomic E-state index is 14.2. The standard InChI is InChI=1S/C28H32F2N4O6/c1-3-4-9-39-25-23-27(38)33-14-22(28(8-7-16(33)2)11-19(15-35)32-40-28)34(23)13-20(24(25)36)26(37)31-12-17-5-6-18(29)10-21(17)30/h5-6,10,13,16,22,35H,3-4,7-9,11-12,14-15H2,1-2H3,(H,31,37)/t16-,22+,28+/m0/s1. The number of ether oxygens (including phenoxy) is 1. The van der Waals surface area contributed by atoms with E-state index in [2.05, 4.69) is 10.5 Å². The Hall–Kier alpha value is -3.80. The largest absolute Gasteiger partial charge is 0.487 e. The number of pyridine rings is 1. The van der Waals surface area contributed by atoms with Crippen molar-refractivity contribution in [1.82, 2.24) is 14.8 Å². The van der Waals surface area contributed by atoms with E-state index in [0.717, 1.165) is 12.5 Å². The van der Waals surface area contributed by atoms with Crippen molar-refractivity contribution >= 4 is 17.5 Å². The van der Waals surface area contributed by atoms with E-state index in [1.807, 2.05) is 13.8 Å². The lowest BCUT2D eigenvalue weighted by molar-refractivity contribution is -0.0656. The Bertz CT molecular complexity index is 1430. The molecule has 1 saturated heterocycles. The number of hydrogen-bond acceptors (Lipinski definition) is 7. The summed E-state index contributed by atoms with van der Waals surface area (Å²) >= 11 is 0. The van der Waals surface area contributed by atoms with Gasteiger partial charge in [0.2, 0.25) is 5.43 Å². The average molecular weight is 559 g/mol. The number of amides is 2. The third-order valence-corrected chi connectivity index (χ3v) is 7.97. The molecule has 40 heavy (non-hydrogen) atoms. The van der Waals surface area contributed by atoms with Crippen LogP contribution in [-0.4, -0.2) is 63.5 Å². The number of fused-ring (bicyclic) bond motifs is 5. The van der Waals surface area contributed by atoms with Crippen LogP contribution in [0.2, 0.25) is 0 Å². The Kier molecular flexibility index (Phi) is 7.63. The molecule has 10 nitrogen and oxygen atoms in total. The number of unbranched alkanes of at least 4 members (excludes halogenated alkanes) is 1. The van der Waals surface area contributed by atoms with Crippen molar-refractivity contribution in [3.05, 3.63) is 63.1 Å². The monoisotopic (exact) mass is 558 g/mol. The summed E-state index contributed by atoms with van der Waals surface area (Å²) in [5.74, 6) is -2.98. The molecule has 3 atom stereocenters. The van der Waals surface area contributed by atoms with Gasteiger partial charge in [0.05, 0.1) is 25.0 Å². The topological polar surface area (TPSA) is 122 Å². The van der Waals surface area contributed by atoms with E-state index in [1.54, 1.807) is 9.47 Å². The molecule has 1 aromatic heterocycles. The summed E-state index contributed by atoms with van der Waals surface area (Å²) in [4.78, 5) is 48.4. The number of carbonyl (C=O) groups is 2. The summed E-state index contributed by atoms with van der Waals surface area (Å²) in [6.45, 7) is 3.74. The van der Waals surface area contributed by atoms with Gasteiger partial charge in [0, 0.05) is 43.4 Å². The molecular formula is C28H32F2N4O6. The molecule has 3 aliphatic heterocycles. The third-order valence-electron chi connectivity index (χ3n) is 7.97. The van der Waals surface area contributed by atoms with Crippen LogP contribution >= 0.6 is 0 Å². The van der Waals surface area contributed by atoms with Gasteiger partial charge < -0.3 is 29.5 Å². The Balaban J connectivity index is 1.59. The fraction of sp³-hybridized carbons (Fsp3) is 0.500. The SMILES string of the molecule is CCCCOc1c2n(cc(C(=O)NCc3ccc(F)cc3F)c1=O)[C@@H]1CN(C2=O)[C@@H](C)CC[C@@]12CC(CO)=NO2. The van der Waals surface area contributed by atoms with Crippen LogP contribution < -0.4 is 15.5 Å². The fourth-order valence-electron chi connectivity index (χ4n) is 5.64. The van der Waals surface area contributed by atoms with Crippen LogP contribution in [0.5, 0.6) is 5.75 Å². The summed E-state index contributed by atoms with van der Waals surface area (Å²) in [7, 11) is 0. The van der Waals surface area contributed by atoms with Crippen LogP contribution in [0.25, 0.3) is 0 Å². The molecule has 2 aromatic rings. The van der Waals surface area contributed by atoms with E-state index in [-0.39, 0.29) is 60.8 Å². The number of halogens is 2. The molecule has 0 unspecified atom stereocenters. The van der Waals surface area contributed by atoms with Crippen molar-refractivity contribution in [3.63, 3.8) is 0 Å². The molecule has 2 bridgehead atoms. The van der Waals surface area contributed by atoms with Gasteiger partial charge in [-0.25, -0.2) is 8.78 Å². The second-order valence-electron chi connectivity index (χ2n) is 10.6. The second kappa shape index (κ2) is 11.0. The number of rotatable bonds is 8. The highest BCUT2D eigenvalue weighted by atomic mass is 19.1. The van der Waals surface area contributed by atoms with E-state index in [1.165, 1.54) is 12.3 Å². The van der Waals surface area contributed by atoms with Gasteiger partial charge in [0.1, 0.15) is 17.2 Å². The van der Waals surface area contributed by atoms with Gasteiger partial charge in [-0.05, 0) is 32.3 Å². The number of hydrogen-bond donors (Lipinski definition) is 2. The first-order chi connectivity index (χ1) is 19.2. The predicted octanol–water partition coefficient (Wildman–Crippen LogP) is 2.92. The second-order valence-corrected chi connectivity index (χ2v) is 10.6. The molecule has 4 heterocycles. The van der Waals surface area contributed by atoms with Crippen molar-refractivity contribution in [3.8, 4) is 5.75 Å². The van der Waals surface area contributed by atoms with Crippen molar-refractivity contribution in [2.75, 3.05) is 19.8 Å². The number of nitrogens with one attached hydrogen (secondary N) is 1. The number of aromatic nitrogens is 1. The lowest BCUT2D eigenvalue weighted by Gasteiger charge is -2.42. The highest BCUT2D eigenvalue weighted by Crippen LogP contribution is 2.46. The van der Waals surface area contributed by atoms with Gasteiger partial charge in [-0.3, -0.25) is 14.4 Å². The Labute approximate surface area is 229 Å². The van der Waals surface area contributed by atoms with Crippen molar-refractivity contribution < 1.29 is 33.1 Å². The fourth-order valence-corrected chi connectivity index (χ4v) is 5.64. The summed E-state index contributed by atoms with van der Waals surface area (Å²) in [5, 5.41) is 16.3. The van der Waals surface area contributed by atoms with E-state index in [9.17, 15) is 28.3 Å². The maximum absolute atomic E-state index is 14.2. The Morgan fingerprint density at radius 2 is 2.12 bits per heavy atom. The minimum atomic E-state index is -0.905. The van der Waals surface area contributed by atoms with Gasteiger partial charge in [-0.15, -0.1) is 0 Å². The molecule has 1 spiro atoms. The summed E-state index contributed by atoms with van der Waals surface area (Å²) in [5.41, 5.74) is -1.39. The molecule has 5 rings (SSSR count). The molecule has 3 aliphatic rings. The summed E-state index contributed by atoms with van der Waals surface area (Å²) < 4.78 is 35.0. The van der Waals surface area contributed by atoms with Crippen LogP contribution in [0.3, 0.4) is 0 Å². The summed E-state index contributed by atoms with van der Waals surface area (Å²) in [6.07, 6.45) is 4.20. The molecule has 0 radical (unpaired) electrons. The maximum Gasteiger partial charge on any atom is 0.274 e. The minimum Gasteiger partial charge on any atom is -0.487 e. The number of carbonyl (C=O) groups excluding carboxylic acids is 2. The van der Waals surface area contributed by atoms with Crippen LogP contribution in [0, 0.1) is 11.6 Å². The quantitative estimate of drug-likeness (QED) is 0.481. The van der Waals surface area contributed by atoms with Crippen LogP contribution in [0.1, 0.15) is 78.4 Å². The van der Waals surface area contributed by atoms with Gasteiger partial charge in [0.15, 0.2) is 17.0 Å². The van der Waals surface area contributed by atoms with Crippen LogP contribution in [0.4, 0.5) is 8.78 Å². The van der Waals surface area contributed by atoms with E-state index >= 15 is 0 Å². The lowest BCUT2D eigenvalue weighted by Crippen LogP contribution is -2.52. The van der Waals surface area contributed by atoms with Crippen LogP contribution in [-0.2, 0) is 11.4 Å².